The van der Waals surface area contributed by atoms with E-state index in [1.54, 1.807) is 17.8 Å². The molecule has 6 nitrogen and oxygen atoms in total. The molecule has 0 radical (unpaired) electrons. The van der Waals surface area contributed by atoms with Gasteiger partial charge in [-0.2, -0.15) is 0 Å². The predicted octanol–water partition coefficient (Wildman–Crippen LogP) is 4.25. The highest BCUT2D eigenvalue weighted by Gasteiger charge is 2.16. The molecule has 29 heavy (non-hydrogen) atoms. The number of hydrogen-bond acceptors (Lipinski definition) is 6. The fourth-order valence-electron chi connectivity index (χ4n) is 2.45. The van der Waals surface area contributed by atoms with Crippen LogP contribution in [-0.4, -0.2) is 32.1 Å². The summed E-state index contributed by atoms with van der Waals surface area (Å²) in [5.41, 5.74) is 1.95. The van der Waals surface area contributed by atoms with Crippen LogP contribution < -0.4 is 10.0 Å². The first-order valence-corrected chi connectivity index (χ1v) is 12.1. The topological polar surface area (TPSA) is 88.2 Å². The molecular formula is C20H19N3O3S3. The summed E-state index contributed by atoms with van der Waals surface area (Å²) < 4.78 is 26.8. The van der Waals surface area contributed by atoms with Crippen molar-refractivity contribution in [3.05, 3.63) is 72.1 Å². The number of nitrogens with one attached hydrogen (secondary N) is 2. The van der Waals surface area contributed by atoms with Crippen LogP contribution in [0.2, 0.25) is 0 Å². The minimum absolute atomic E-state index is 0.0145. The summed E-state index contributed by atoms with van der Waals surface area (Å²) in [6.07, 6.45) is 3.46. The number of thiazole rings is 1. The molecule has 0 fully saturated rings. The van der Waals surface area contributed by atoms with E-state index in [1.807, 2.05) is 35.9 Å². The first-order valence-electron chi connectivity index (χ1n) is 8.55. The van der Waals surface area contributed by atoms with Crippen molar-refractivity contribution >= 4 is 44.2 Å². The standard InChI is InChI=1S/C20H19N3O3S3/c1-3-11-21-29(25,26)17-6-4-5-15(12-17)19(24)23-20-22-18(13-28-20)14-7-9-16(27-2)10-8-14/h3-10,12-13,21H,1,11H2,2H3,(H,22,23,24). The van der Waals surface area contributed by atoms with E-state index < -0.39 is 15.9 Å². The van der Waals surface area contributed by atoms with Crippen molar-refractivity contribution < 1.29 is 13.2 Å². The van der Waals surface area contributed by atoms with Crippen LogP contribution in [0.3, 0.4) is 0 Å². The molecule has 0 bridgehead atoms. The number of thioether (sulfide) groups is 1. The molecule has 2 N–H and O–H groups in total. The van der Waals surface area contributed by atoms with E-state index in [0.717, 1.165) is 16.2 Å². The number of sulfonamides is 1. The highest BCUT2D eigenvalue weighted by atomic mass is 32.2. The Kier molecular flexibility index (Phi) is 6.86. The van der Waals surface area contributed by atoms with Crippen LogP contribution in [0.25, 0.3) is 11.3 Å². The lowest BCUT2D eigenvalue weighted by molar-refractivity contribution is 0.102. The molecule has 1 heterocycles. The Labute approximate surface area is 178 Å². The lowest BCUT2D eigenvalue weighted by Gasteiger charge is -2.07. The number of hydrogen-bond donors (Lipinski definition) is 2. The van der Waals surface area contributed by atoms with E-state index in [4.69, 9.17) is 0 Å². The zero-order valence-corrected chi connectivity index (χ0v) is 18.0. The van der Waals surface area contributed by atoms with Crippen molar-refractivity contribution in [1.82, 2.24) is 9.71 Å². The zero-order valence-electron chi connectivity index (χ0n) is 15.6. The number of benzene rings is 2. The lowest BCUT2D eigenvalue weighted by Crippen LogP contribution is -2.24. The second-order valence-electron chi connectivity index (χ2n) is 5.89. The van der Waals surface area contributed by atoms with Gasteiger partial charge in [0.2, 0.25) is 10.0 Å². The molecule has 1 amide bonds. The van der Waals surface area contributed by atoms with E-state index >= 15 is 0 Å². The molecule has 0 aliphatic carbocycles. The molecule has 0 atom stereocenters. The third-order valence-electron chi connectivity index (χ3n) is 3.93. The summed E-state index contributed by atoms with van der Waals surface area (Å²) in [4.78, 5) is 18.2. The van der Waals surface area contributed by atoms with E-state index in [2.05, 4.69) is 21.6 Å². The van der Waals surface area contributed by atoms with Crippen molar-refractivity contribution in [2.75, 3.05) is 18.1 Å². The minimum atomic E-state index is -3.71. The summed E-state index contributed by atoms with van der Waals surface area (Å²) in [5.74, 6) is -0.426. The van der Waals surface area contributed by atoms with Gasteiger partial charge in [-0.05, 0) is 36.6 Å². The van der Waals surface area contributed by atoms with Crippen molar-refractivity contribution in [3.8, 4) is 11.3 Å². The Morgan fingerprint density at radius 3 is 2.69 bits per heavy atom. The Bertz CT molecular complexity index is 1120. The van der Waals surface area contributed by atoms with E-state index in [0.29, 0.717) is 5.13 Å². The third kappa shape index (κ3) is 5.33. The maximum absolute atomic E-state index is 12.6. The van der Waals surface area contributed by atoms with Gasteiger partial charge in [0, 0.05) is 27.9 Å². The molecule has 9 heteroatoms. The van der Waals surface area contributed by atoms with Gasteiger partial charge >= 0.3 is 0 Å². The van der Waals surface area contributed by atoms with Crippen LogP contribution in [0, 0.1) is 0 Å². The molecule has 3 rings (SSSR count). The molecule has 0 saturated carbocycles. The summed E-state index contributed by atoms with van der Waals surface area (Å²) in [6.45, 7) is 3.59. The van der Waals surface area contributed by atoms with E-state index in [1.165, 1.54) is 35.6 Å². The smallest absolute Gasteiger partial charge is 0.257 e. The molecule has 0 spiro atoms. The SMILES string of the molecule is C=CCNS(=O)(=O)c1cccc(C(=O)Nc2nc(-c3ccc(SC)cc3)cs2)c1. The molecule has 150 valence electrons. The summed E-state index contributed by atoms with van der Waals surface area (Å²) >= 11 is 2.97. The van der Waals surface area contributed by atoms with Crippen LogP contribution >= 0.6 is 23.1 Å². The van der Waals surface area contributed by atoms with Crippen LogP contribution in [0.1, 0.15) is 10.4 Å². The maximum atomic E-state index is 12.6. The van der Waals surface area contributed by atoms with Crippen molar-refractivity contribution in [1.29, 1.82) is 0 Å². The molecule has 2 aromatic carbocycles. The second-order valence-corrected chi connectivity index (χ2v) is 9.39. The number of rotatable bonds is 8. The lowest BCUT2D eigenvalue weighted by atomic mass is 10.2. The van der Waals surface area contributed by atoms with Gasteiger partial charge in [-0.1, -0.05) is 24.3 Å². The fourth-order valence-corrected chi connectivity index (χ4v) is 4.62. The van der Waals surface area contributed by atoms with Gasteiger partial charge < -0.3 is 0 Å². The van der Waals surface area contributed by atoms with Gasteiger partial charge in [-0.25, -0.2) is 18.1 Å². The number of anilines is 1. The summed E-state index contributed by atoms with van der Waals surface area (Å²) in [5, 5.41) is 5.03. The van der Waals surface area contributed by atoms with Crippen LogP contribution in [0.4, 0.5) is 5.13 Å². The number of carbonyl (C=O) groups is 1. The summed E-state index contributed by atoms with van der Waals surface area (Å²) in [7, 11) is -3.71. The fraction of sp³-hybridized carbons (Fsp3) is 0.100. The normalized spacial score (nSPS) is 11.2. The summed E-state index contributed by atoms with van der Waals surface area (Å²) in [6, 6.07) is 13.8. The number of amides is 1. The highest BCUT2D eigenvalue weighted by molar-refractivity contribution is 7.98. The highest BCUT2D eigenvalue weighted by Crippen LogP contribution is 2.27. The number of carbonyl (C=O) groups excluding carboxylic acids is 1. The van der Waals surface area contributed by atoms with Gasteiger partial charge in [0.25, 0.3) is 5.91 Å². The molecular weight excluding hydrogens is 426 g/mol. The van der Waals surface area contributed by atoms with E-state index in [9.17, 15) is 13.2 Å². The Morgan fingerprint density at radius 2 is 2.00 bits per heavy atom. The van der Waals surface area contributed by atoms with Gasteiger partial charge in [-0.3, -0.25) is 10.1 Å². The predicted molar refractivity (Wildman–Crippen MR) is 119 cm³/mol. The number of aromatic nitrogens is 1. The van der Waals surface area contributed by atoms with Gasteiger partial charge in [0.05, 0.1) is 10.6 Å². The van der Waals surface area contributed by atoms with Crippen molar-refractivity contribution in [3.63, 3.8) is 0 Å². The molecule has 3 aromatic rings. The average molecular weight is 446 g/mol. The molecule has 0 aliphatic heterocycles. The quantitative estimate of drug-likeness (QED) is 0.400. The van der Waals surface area contributed by atoms with E-state index in [-0.39, 0.29) is 17.0 Å². The van der Waals surface area contributed by atoms with Gasteiger partial charge in [0.1, 0.15) is 0 Å². The van der Waals surface area contributed by atoms with Crippen LogP contribution in [0.5, 0.6) is 0 Å². The molecule has 0 unspecified atom stereocenters. The first kappa shape index (κ1) is 21.3. The van der Waals surface area contributed by atoms with Gasteiger partial charge in [-0.15, -0.1) is 29.7 Å². The molecule has 0 aliphatic rings. The zero-order chi connectivity index (χ0) is 20.9. The monoisotopic (exact) mass is 445 g/mol. The van der Waals surface area contributed by atoms with Crippen molar-refractivity contribution in [2.24, 2.45) is 0 Å². The Hall–Kier alpha value is -2.46. The number of nitrogens with zero attached hydrogens (tertiary/aromatic N) is 1. The average Bonchev–Trinajstić information content (AvgIpc) is 3.21. The molecule has 0 saturated heterocycles. The Morgan fingerprint density at radius 1 is 1.24 bits per heavy atom. The minimum Gasteiger partial charge on any atom is -0.298 e. The largest absolute Gasteiger partial charge is 0.298 e. The maximum Gasteiger partial charge on any atom is 0.257 e. The van der Waals surface area contributed by atoms with Crippen LogP contribution in [-0.2, 0) is 10.0 Å². The second kappa shape index (κ2) is 9.36. The molecule has 1 aromatic heterocycles. The third-order valence-corrected chi connectivity index (χ3v) is 6.86. The van der Waals surface area contributed by atoms with Crippen LogP contribution in [0.15, 0.2) is 76.4 Å². The van der Waals surface area contributed by atoms with Gasteiger partial charge in [0.15, 0.2) is 5.13 Å². The van der Waals surface area contributed by atoms with Crippen molar-refractivity contribution in [2.45, 2.75) is 9.79 Å². The Balaban J connectivity index is 1.74. The first-order chi connectivity index (χ1) is 13.9.